The van der Waals surface area contributed by atoms with Crippen molar-refractivity contribution in [2.75, 3.05) is 0 Å². The van der Waals surface area contributed by atoms with E-state index < -0.39 is 0 Å². The molecule has 2 nitrogen and oxygen atoms in total. The van der Waals surface area contributed by atoms with Crippen LogP contribution in [0.5, 0.6) is 0 Å². The van der Waals surface area contributed by atoms with Crippen molar-refractivity contribution in [2.45, 2.75) is 18.4 Å². The zero-order chi connectivity index (χ0) is 9.71. The summed E-state index contributed by atoms with van der Waals surface area (Å²) in [4.78, 5) is 3.08. The van der Waals surface area contributed by atoms with E-state index in [0.717, 1.165) is 17.5 Å². The van der Waals surface area contributed by atoms with E-state index in [1.165, 1.54) is 6.07 Å². The van der Waals surface area contributed by atoms with Crippen LogP contribution in [-0.4, -0.2) is 11.0 Å². The van der Waals surface area contributed by atoms with Crippen LogP contribution < -0.4 is 5.73 Å². The highest BCUT2D eigenvalue weighted by atomic mass is 19.1. The van der Waals surface area contributed by atoms with Gasteiger partial charge in [0.1, 0.15) is 5.82 Å². The van der Waals surface area contributed by atoms with Gasteiger partial charge in [0.05, 0.1) is 0 Å². The first-order valence-electron chi connectivity index (χ1n) is 4.78. The molecule has 1 saturated carbocycles. The second kappa shape index (κ2) is 2.58. The maximum absolute atomic E-state index is 13.5. The molecule has 1 aromatic heterocycles. The van der Waals surface area contributed by atoms with Crippen LogP contribution in [-0.2, 0) is 0 Å². The lowest BCUT2D eigenvalue weighted by atomic mass is 10.1. The van der Waals surface area contributed by atoms with E-state index in [1.54, 1.807) is 6.07 Å². The number of hydrogen-bond donors (Lipinski definition) is 2. The van der Waals surface area contributed by atoms with Crippen LogP contribution in [0.3, 0.4) is 0 Å². The molecule has 1 aromatic carbocycles. The summed E-state index contributed by atoms with van der Waals surface area (Å²) in [6.45, 7) is 0. The molecule has 0 aliphatic heterocycles. The summed E-state index contributed by atoms with van der Waals surface area (Å²) in [5.74, 6) is 0.193. The van der Waals surface area contributed by atoms with Crippen LogP contribution in [0, 0.1) is 5.82 Å². The smallest absolute Gasteiger partial charge is 0.132 e. The summed E-state index contributed by atoms with van der Waals surface area (Å²) in [7, 11) is 0. The molecule has 0 radical (unpaired) electrons. The van der Waals surface area contributed by atoms with Gasteiger partial charge in [-0.3, -0.25) is 0 Å². The minimum Gasteiger partial charge on any atom is -0.361 e. The molecule has 1 aliphatic rings. The lowest BCUT2D eigenvalue weighted by Gasteiger charge is -1.97. The molecule has 0 spiro atoms. The van der Waals surface area contributed by atoms with Crippen LogP contribution >= 0.6 is 0 Å². The van der Waals surface area contributed by atoms with Gasteiger partial charge < -0.3 is 10.7 Å². The number of aromatic amines is 1. The quantitative estimate of drug-likeness (QED) is 0.710. The van der Waals surface area contributed by atoms with Crippen molar-refractivity contribution in [3.8, 4) is 0 Å². The number of rotatable bonds is 1. The Kier molecular flexibility index (Phi) is 1.47. The predicted molar refractivity (Wildman–Crippen MR) is 53.6 cm³/mol. The maximum Gasteiger partial charge on any atom is 0.132 e. The fourth-order valence-corrected chi connectivity index (χ4v) is 2.03. The first kappa shape index (κ1) is 8.00. The Balaban J connectivity index is 2.25. The van der Waals surface area contributed by atoms with Gasteiger partial charge in [-0.05, 0) is 24.1 Å². The number of H-pyrrole nitrogens is 1. The van der Waals surface area contributed by atoms with Crippen molar-refractivity contribution in [3.05, 3.63) is 35.8 Å². The van der Waals surface area contributed by atoms with Gasteiger partial charge in [0, 0.05) is 29.1 Å². The maximum atomic E-state index is 13.5. The van der Waals surface area contributed by atoms with Crippen molar-refractivity contribution in [3.63, 3.8) is 0 Å². The van der Waals surface area contributed by atoms with Gasteiger partial charge in [0.2, 0.25) is 0 Å². The Bertz CT molecular complexity index is 489. The molecule has 2 unspecified atom stereocenters. The SMILES string of the molecule is NC1CC1c1c[nH]c2cccc(F)c12. The van der Waals surface area contributed by atoms with Crippen molar-refractivity contribution < 1.29 is 4.39 Å². The standard InChI is InChI=1S/C11H11FN2/c12-8-2-1-3-10-11(8)7(5-14-10)6-4-9(6)13/h1-3,5-6,9,14H,4,13H2. The predicted octanol–water partition coefficient (Wildman–Crippen LogP) is 2.12. The van der Waals surface area contributed by atoms with Crippen molar-refractivity contribution in [1.29, 1.82) is 0 Å². The molecule has 72 valence electrons. The summed E-state index contributed by atoms with van der Waals surface area (Å²) in [6, 6.07) is 5.31. The summed E-state index contributed by atoms with van der Waals surface area (Å²) in [5, 5.41) is 0.713. The molecular weight excluding hydrogens is 179 g/mol. The van der Waals surface area contributed by atoms with Gasteiger partial charge in [-0.15, -0.1) is 0 Å². The fourth-order valence-electron chi connectivity index (χ4n) is 2.03. The second-order valence-corrected chi connectivity index (χ2v) is 3.91. The second-order valence-electron chi connectivity index (χ2n) is 3.91. The lowest BCUT2D eigenvalue weighted by Crippen LogP contribution is -2.00. The minimum atomic E-state index is -0.155. The van der Waals surface area contributed by atoms with E-state index in [1.807, 2.05) is 12.3 Å². The first-order valence-corrected chi connectivity index (χ1v) is 4.78. The third-order valence-corrected chi connectivity index (χ3v) is 2.92. The van der Waals surface area contributed by atoms with Crippen LogP contribution in [0.2, 0.25) is 0 Å². The zero-order valence-corrected chi connectivity index (χ0v) is 7.63. The Morgan fingerprint density at radius 1 is 1.43 bits per heavy atom. The molecule has 14 heavy (non-hydrogen) atoms. The van der Waals surface area contributed by atoms with Gasteiger partial charge in [-0.25, -0.2) is 4.39 Å². The molecular formula is C11H11FN2. The highest BCUT2D eigenvalue weighted by Crippen LogP contribution is 2.42. The van der Waals surface area contributed by atoms with Crippen molar-refractivity contribution >= 4 is 10.9 Å². The fraction of sp³-hybridized carbons (Fsp3) is 0.273. The Labute approximate surface area is 80.9 Å². The number of benzene rings is 1. The Morgan fingerprint density at radius 3 is 2.93 bits per heavy atom. The molecule has 3 rings (SSSR count). The largest absolute Gasteiger partial charge is 0.361 e. The van der Waals surface area contributed by atoms with Gasteiger partial charge in [0.15, 0.2) is 0 Å². The molecule has 2 atom stereocenters. The van der Waals surface area contributed by atoms with Crippen LogP contribution in [0.15, 0.2) is 24.4 Å². The van der Waals surface area contributed by atoms with Crippen LogP contribution in [0.25, 0.3) is 10.9 Å². The number of aromatic nitrogens is 1. The van der Waals surface area contributed by atoms with E-state index in [4.69, 9.17) is 5.73 Å². The third kappa shape index (κ3) is 0.990. The molecule has 2 aromatic rings. The highest BCUT2D eigenvalue weighted by Gasteiger charge is 2.36. The average molecular weight is 190 g/mol. The summed E-state index contributed by atoms with van der Waals surface area (Å²) >= 11 is 0. The van der Waals surface area contributed by atoms with Gasteiger partial charge in [-0.2, -0.15) is 0 Å². The molecule has 0 amide bonds. The number of nitrogens with one attached hydrogen (secondary N) is 1. The molecule has 1 aliphatic carbocycles. The third-order valence-electron chi connectivity index (χ3n) is 2.92. The molecule has 1 heterocycles. The van der Waals surface area contributed by atoms with Gasteiger partial charge in [-0.1, -0.05) is 6.07 Å². The molecule has 3 N–H and O–H groups in total. The van der Waals surface area contributed by atoms with Crippen LogP contribution in [0.1, 0.15) is 17.9 Å². The number of hydrogen-bond acceptors (Lipinski definition) is 1. The summed E-state index contributed by atoms with van der Waals surface area (Å²) < 4.78 is 13.5. The normalized spacial score (nSPS) is 25.6. The molecule has 0 bridgehead atoms. The molecule has 3 heteroatoms. The van der Waals surface area contributed by atoms with E-state index in [2.05, 4.69) is 4.98 Å². The van der Waals surface area contributed by atoms with Crippen molar-refractivity contribution in [1.82, 2.24) is 4.98 Å². The average Bonchev–Trinajstić information content (AvgIpc) is 2.75. The Morgan fingerprint density at radius 2 is 2.21 bits per heavy atom. The van der Waals surface area contributed by atoms with Gasteiger partial charge >= 0.3 is 0 Å². The van der Waals surface area contributed by atoms with Gasteiger partial charge in [0.25, 0.3) is 0 Å². The van der Waals surface area contributed by atoms with E-state index in [9.17, 15) is 4.39 Å². The molecule has 0 saturated heterocycles. The summed E-state index contributed by atoms with van der Waals surface area (Å²) in [5.41, 5.74) is 7.66. The van der Waals surface area contributed by atoms with Crippen LogP contribution in [0.4, 0.5) is 4.39 Å². The topological polar surface area (TPSA) is 41.8 Å². The lowest BCUT2D eigenvalue weighted by molar-refractivity contribution is 0.639. The molecule has 1 fully saturated rings. The van der Waals surface area contributed by atoms with E-state index >= 15 is 0 Å². The van der Waals surface area contributed by atoms with Crippen molar-refractivity contribution in [2.24, 2.45) is 5.73 Å². The Hall–Kier alpha value is -1.35. The number of nitrogens with two attached hydrogens (primary N) is 1. The monoisotopic (exact) mass is 190 g/mol. The van der Waals surface area contributed by atoms with E-state index in [-0.39, 0.29) is 11.9 Å². The zero-order valence-electron chi connectivity index (χ0n) is 7.63. The number of fused-ring (bicyclic) bond motifs is 1. The number of halogens is 1. The summed E-state index contributed by atoms with van der Waals surface area (Å²) in [6.07, 6.45) is 2.85. The highest BCUT2D eigenvalue weighted by molar-refractivity contribution is 5.84. The minimum absolute atomic E-state index is 0.155. The first-order chi connectivity index (χ1) is 6.77. The van der Waals surface area contributed by atoms with E-state index in [0.29, 0.717) is 11.3 Å².